The SMILES string of the molecule is CCCCCCC(C)(CCCCCC)c1ccnc2ncnn12. The van der Waals surface area contributed by atoms with Gasteiger partial charge in [0.05, 0.1) is 5.69 Å². The van der Waals surface area contributed by atoms with Crippen LogP contribution in [0.5, 0.6) is 0 Å². The topological polar surface area (TPSA) is 43.1 Å². The van der Waals surface area contributed by atoms with Crippen LogP contribution in [0.15, 0.2) is 18.6 Å². The van der Waals surface area contributed by atoms with Crippen molar-refractivity contribution in [1.29, 1.82) is 0 Å². The minimum absolute atomic E-state index is 0.163. The normalized spacial score (nSPS) is 12.1. The zero-order valence-electron chi connectivity index (χ0n) is 15.1. The van der Waals surface area contributed by atoms with E-state index in [1.807, 2.05) is 10.7 Å². The van der Waals surface area contributed by atoms with E-state index in [0.29, 0.717) is 0 Å². The molecule has 0 fully saturated rings. The summed E-state index contributed by atoms with van der Waals surface area (Å²) in [5.41, 5.74) is 1.43. The van der Waals surface area contributed by atoms with Gasteiger partial charge in [-0.15, -0.1) is 0 Å². The molecule has 4 heteroatoms. The molecule has 0 unspecified atom stereocenters. The smallest absolute Gasteiger partial charge is 0.220 e. The average molecular weight is 316 g/mol. The summed E-state index contributed by atoms with van der Waals surface area (Å²) in [5.74, 6) is 0.718. The van der Waals surface area contributed by atoms with Crippen LogP contribution in [0.4, 0.5) is 0 Å². The molecule has 2 heterocycles. The number of rotatable bonds is 11. The van der Waals surface area contributed by atoms with Crippen LogP contribution < -0.4 is 0 Å². The van der Waals surface area contributed by atoms with Crippen molar-refractivity contribution in [3.05, 3.63) is 24.3 Å². The van der Waals surface area contributed by atoms with Crippen molar-refractivity contribution in [3.63, 3.8) is 0 Å². The van der Waals surface area contributed by atoms with Gasteiger partial charge >= 0.3 is 0 Å². The Hall–Kier alpha value is -1.45. The van der Waals surface area contributed by atoms with Gasteiger partial charge in [0.25, 0.3) is 5.78 Å². The lowest BCUT2D eigenvalue weighted by molar-refractivity contribution is 0.349. The third-order valence-corrected chi connectivity index (χ3v) is 4.96. The highest BCUT2D eigenvalue weighted by atomic mass is 15.3. The third-order valence-electron chi connectivity index (χ3n) is 4.96. The van der Waals surface area contributed by atoms with Crippen molar-refractivity contribution in [2.45, 2.75) is 90.4 Å². The third kappa shape index (κ3) is 4.76. The van der Waals surface area contributed by atoms with E-state index in [1.165, 1.54) is 69.9 Å². The molecule has 2 aromatic rings. The molecule has 0 aromatic carbocycles. The van der Waals surface area contributed by atoms with Crippen LogP contribution in [0.25, 0.3) is 5.78 Å². The van der Waals surface area contributed by atoms with E-state index in [9.17, 15) is 0 Å². The number of nitrogens with zero attached hydrogens (tertiary/aromatic N) is 4. The van der Waals surface area contributed by atoms with Crippen LogP contribution in [-0.2, 0) is 5.41 Å². The van der Waals surface area contributed by atoms with Gasteiger partial charge in [-0.2, -0.15) is 10.1 Å². The van der Waals surface area contributed by atoms with Crippen molar-refractivity contribution in [3.8, 4) is 0 Å². The molecule has 0 radical (unpaired) electrons. The molecular weight excluding hydrogens is 284 g/mol. The Morgan fingerprint density at radius 2 is 1.57 bits per heavy atom. The number of hydrogen-bond acceptors (Lipinski definition) is 3. The van der Waals surface area contributed by atoms with Crippen LogP contribution in [0.1, 0.15) is 90.7 Å². The molecule has 0 spiro atoms. The van der Waals surface area contributed by atoms with E-state index in [4.69, 9.17) is 0 Å². The van der Waals surface area contributed by atoms with Crippen molar-refractivity contribution in [1.82, 2.24) is 19.6 Å². The highest BCUT2D eigenvalue weighted by Crippen LogP contribution is 2.35. The number of fused-ring (bicyclic) bond motifs is 1. The maximum Gasteiger partial charge on any atom is 0.252 e. The highest BCUT2D eigenvalue weighted by Gasteiger charge is 2.29. The predicted molar refractivity (Wildman–Crippen MR) is 95.7 cm³/mol. The monoisotopic (exact) mass is 316 g/mol. The molecule has 0 saturated heterocycles. The molecule has 0 saturated carbocycles. The van der Waals surface area contributed by atoms with Gasteiger partial charge in [-0.25, -0.2) is 9.50 Å². The largest absolute Gasteiger partial charge is 0.252 e. The second-order valence-electron chi connectivity index (χ2n) is 6.98. The van der Waals surface area contributed by atoms with Gasteiger partial charge in [0.2, 0.25) is 0 Å². The van der Waals surface area contributed by atoms with Gasteiger partial charge in [-0.1, -0.05) is 72.1 Å². The second-order valence-corrected chi connectivity index (χ2v) is 6.98. The van der Waals surface area contributed by atoms with E-state index in [-0.39, 0.29) is 5.41 Å². The summed E-state index contributed by atoms with van der Waals surface area (Å²) >= 11 is 0. The Morgan fingerprint density at radius 1 is 0.913 bits per heavy atom. The molecule has 2 rings (SSSR count). The van der Waals surface area contributed by atoms with Gasteiger partial charge in [0, 0.05) is 11.6 Å². The van der Waals surface area contributed by atoms with E-state index in [2.05, 4.69) is 41.9 Å². The summed E-state index contributed by atoms with van der Waals surface area (Å²) < 4.78 is 1.94. The van der Waals surface area contributed by atoms with E-state index >= 15 is 0 Å². The van der Waals surface area contributed by atoms with Crippen LogP contribution in [0.3, 0.4) is 0 Å². The first-order valence-corrected chi connectivity index (χ1v) is 9.36. The van der Waals surface area contributed by atoms with E-state index in [1.54, 1.807) is 6.33 Å². The molecule has 0 aliphatic carbocycles. The van der Waals surface area contributed by atoms with Gasteiger partial charge in [0.1, 0.15) is 6.33 Å². The number of hydrogen-bond donors (Lipinski definition) is 0. The zero-order valence-corrected chi connectivity index (χ0v) is 15.1. The van der Waals surface area contributed by atoms with Crippen molar-refractivity contribution in [2.75, 3.05) is 0 Å². The van der Waals surface area contributed by atoms with Gasteiger partial charge in [0.15, 0.2) is 0 Å². The summed E-state index contributed by atoms with van der Waals surface area (Å²) in [6.45, 7) is 6.94. The molecule has 4 nitrogen and oxygen atoms in total. The van der Waals surface area contributed by atoms with Crippen LogP contribution >= 0.6 is 0 Å². The molecule has 2 aromatic heterocycles. The Balaban J connectivity index is 2.15. The fourth-order valence-electron chi connectivity index (χ4n) is 3.46. The van der Waals surface area contributed by atoms with Crippen LogP contribution in [0, 0.1) is 0 Å². The lowest BCUT2D eigenvalue weighted by Crippen LogP contribution is -2.26. The zero-order chi connectivity index (χ0) is 16.5. The Labute approximate surface area is 140 Å². The number of aromatic nitrogens is 4. The number of unbranched alkanes of at least 4 members (excludes halogenated alkanes) is 6. The van der Waals surface area contributed by atoms with E-state index in [0.717, 1.165) is 5.78 Å². The Morgan fingerprint density at radius 3 is 2.17 bits per heavy atom. The minimum Gasteiger partial charge on any atom is -0.220 e. The first-order chi connectivity index (χ1) is 11.2. The molecule has 23 heavy (non-hydrogen) atoms. The van der Waals surface area contributed by atoms with Crippen molar-refractivity contribution < 1.29 is 0 Å². The lowest BCUT2D eigenvalue weighted by atomic mass is 9.77. The van der Waals surface area contributed by atoms with Crippen LogP contribution in [-0.4, -0.2) is 19.6 Å². The Bertz CT molecular complexity index is 564. The standard InChI is InChI=1S/C19H32N4/c1-4-6-8-10-13-19(3,14-11-9-7-5-2)17-12-15-20-18-21-16-22-23(17)18/h12,15-16H,4-11,13-14H2,1-3H3. The van der Waals surface area contributed by atoms with Crippen molar-refractivity contribution >= 4 is 5.78 Å². The quantitative estimate of drug-likeness (QED) is 0.527. The molecule has 0 amide bonds. The summed E-state index contributed by atoms with van der Waals surface area (Å²) in [7, 11) is 0. The summed E-state index contributed by atoms with van der Waals surface area (Å²) in [6.07, 6.45) is 16.4. The maximum atomic E-state index is 4.42. The second kappa shape index (κ2) is 8.99. The molecule has 0 aliphatic rings. The summed E-state index contributed by atoms with van der Waals surface area (Å²) in [4.78, 5) is 8.58. The minimum atomic E-state index is 0.163. The summed E-state index contributed by atoms with van der Waals surface area (Å²) in [5, 5.41) is 4.42. The lowest BCUT2D eigenvalue weighted by Gasteiger charge is -2.30. The fraction of sp³-hybridized carbons (Fsp3) is 0.737. The molecule has 0 aliphatic heterocycles. The van der Waals surface area contributed by atoms with Crippen molar-refractivity contribution in [2.24, 2.45) is 0 Å². The predicted octanol–water partition coefficient (Wildman–Crippen LogP) is 5.32. The molecule has 0 N–H and O–H groups in total. The maximum absolute atomic E-state index is 4.42. The first-order valence-electron chi connectivity index (χ1n) is 9.36. The van der Waals surface area contributed by atoms with Crippen LogP contribution in [0.2, 0.25) is 0 Å². The fourth-order valence-corrected chi connectivity index (χ4v) is 3.46. The van der Waals surface area contributed by atoms with Gasteiger partial charge < -0.3 is 0 Å². The highest BCUT2D eigenvalue weighted by molar-refractivity contribution is 5.30. The Kier molecular flexibility index (Phi) is 7.00. The van der Waals surface area contributed by atoms with Gasteiger partial charge in [-0.3, -0.25) is 0 Å². The average Bonchev–Trinajstić information content (AvgIpc) is 3.04. The first kappa shape index (κ1) is 17.9. The molecule has 0 bridgehead atoms. The summed E-state index contributed by atoms with van der Waals surface area (Å²) in [6, 6.07) is 2.14. The molecule has 0 atom stereocenters. The molecular formula is C19H32N4. The van der Waals surface area contributed by atoms with Gasteiger partial charge in [-0.05, 0) is 18.9 Å². The molecule has 128 valence electrons. The van der Waals surface area contributed by atoms with E-state index < -0.39 is 0 Å².